The fraction of sp³-hybridized carbons (Fsp3) is 0.429. The average molecular weight is 326 g/mol. The number of halogens is 1. The third-order valence-corrected chi connectivity index (χ3v) is 4.06. The summed E-state index contributed by atoms with van der Waals surface area (Å²) in [7, 11) is 0. The Morgan fingerprint density at radius 2 is 2.11 bits per heavy atom. The van der Waals surface area contributed by atoms with Gasteiger partial charge in [0.05, 0.1) is 5.92 Å². The molecule has 1 heterocycles. The van der Waals surface area contributed by atoms with Crippen molar-refractivity contribution in [3.8, 4) is 0 Å². The van der Waals surface area contributed by atoms with Crippen LogP contribution in [0.5, 0.6) is 0 Å². The first-order valence-electron chi connectivity index (χ1n) is 6.28. The lowest BCUT2D eigenvalue weighted by Crippen LogP contribution is -2.47. The van der Waals surface area contributed by atoms with Gasteiger partial charge in [-0.3, -0.25) is 9.59 Å². The minimum Gasteiger partial charge on any atom is -0.481 e. The predicted octanol–water partition coefficient (Wildman–Crippen LogP) is 2.77. The highest BCUT2D eigenvalue weighted by Gasteiger charge is 2.32. The van der Waals surface area contributed by atoms with Gasteiger partial charge >= 0.3 is 5.97 Å². The average Bonchev–Trinajstić information content (AvgIpc) is 2.38. The first-order valence-corrected chi connectivity index (χ1v) is 7.07. The Labute approximate surface area is 120 Å². The maximum Gasteiger partial charge on any atom is 0.308 e. The third-order valence-electron chi connectivity index (χ3n) is 3.56. The molecular weight excluding hydrogens is 310 g/mol. The Kier molecular flexibility index (Phi) is 4.24. The molecule has 4 nitrogen and oxygen atoms in total. The number of aliphatic carboxylic acids is 1. The third kappa shape index (κ3) is 3.15. The molecule has 2 unspecified atom stereocenters. The van der Waals surface area contributed by atoms with Gasteiger partial charge < -0.3 is 10.0 Å². The van der Waals surface area contributed by atoms with Crippen molar-refractivity contribution >= 4 is 27.8 Å². The molecule has 102 valence electrons. The van der Waals surface area contributed by atoms with Crippen molar-refractivity contribution in [2.24, 2.45) is 5.92 Å². The molecule has 2 atom stereocenters. The quantitative estimate of drug-likeness (QED) is 0.909. The van der Waals surface area contributed by atoms with Crippen LogP contribution in [0, 0.1) is 5.92 Å². The van der Waals surface area contributed by atoms with E-state index in [0.717, 1.165) is 10.9 Å². The van der Waals surface area contributed by atoms with Gasteiger partial charge in [0.25, 0.3) is 5.91 Å². The standard InChI is InChI=1S/C14H16BrNO3/c1-9-5-6-11(14(18)19)8-16(9)13(17)10-3-2-4-12(15)7-10/h2-4,7,9,11H,5-6,8H2,1H3,(H,18,19). The number of hydrogen-bond acceptors (Lipinski definition) is 2. The second kappa shape index (κ2) is 5.74. The van der Waals surface area contributed by atoms with Gasteiger partial charge in [0.15, 0.2) is 0 Å². The number of benzene rings is 1. The van der Waals surface area contributed by atoms with Gasteiger partial charge in [-0.2, -0.15) is 0 Å². The Bertz CT molecular complexity index is 503. The second-order valence-corrected chi connectivity index (χ2v) is 5.85. The van der Waals surface area contributed by atoms with Crippen molar-refractivity contribution in [2.75, 3.05) is 6.54 Å². The van der Waals surface area contributed by atoms with Crippen molar-refractivity contribution in [2.45, 2.75) is 25.8 Å². The van der Waals surface area contributed by atoms with Gasteiger partial charge in [-0.1, -0.05) is 22.0 Å². The predicted molar refractivity (Wildman–Crippen MR) is 75.0 cm³/mol. The lowest BCUT2D eigenvalue weighted by Gasteiger charge is -2.36. The normalized spacial score (nSPS) is 23.2. The highest BCUT2D eigenvalue weighted by Crippen LogP contribution is 2.24. The zero-order valence-corrected chi connectivity index (χ0v) is 12.3. The van der Waals surface area contributed by atoms with E-state index in [9.17, 15) is 9.59 Å². The fourth-order valence-corrected chi connectivity index (χ4v) is 2.78. The topological polar surface area (TPSA) is 57.6 Å². The number of carbonyl (C=O) groups is 2. The van der Waals surface area contributed by atoms with Crippen molar-refractivity contribution in [3.63, 3.8) is 0 Å². The van der Waals surface area contributed by atoms with Crippen LogP contribution in [-0.4, -0.2) is 34.5 Å². The molecule has 0 radical (unpaired) electrons. The first kappa shape index (κ1) is 14.1. The fourth-order valence-electron chi connectivity index (χ4n) is 2.38. The van der Waals surface area contributed by atoms with E-state index in [-0.39, 0.29) is 11.9 Å². The molecule has 0 bridgehead atoms. The van der Waals surface area contributed by atoms with Gasteiger partial charge in [0, 0.05) is 22.6 Å². The molecule has 1 aliphatic rings. The van der Waals surface area contributed by atoms with Crippen molar-refractivity contribution in [3.05, 3.63) is 34.3 Å². The SMILES string of the molecule is CC1CCC(C(=O)O)CN1C(=O)c1cccc(Br)c1. The van der Waals surface area contributed by atoms with E-state index >= 15 is 0 Å². The number of rotatable bonds is 2. The number of likely N-dealkylation sites (tertiary alicyclic amines) is 1. The highest BCUT2D eigenvalue weighted by molar-refractivity contribution is 9.10. The number of carboxylic acids is 1. The molecule has 1 amide bonds. The number of carbonyl (C=O) groups excluding carboxylic acids is 1. The zero-order chi connectivity index (χ0) is 14.0. The van der Waals surface area contributed by atoms with Gasteiger partial charge in [-0.25, -0.2) is 0 Å². The van der Waals surface area contributed by atoms with E-state index in [2.05, 4.69) is 15.9 Å². The molecule has 19 heavy (non-hydrogen) atoms. The summed E-state index contributed by atoms with van der Waals surface area (Å²) >= 11 is 3.34. The van der Waals surface area contributed by atoms with Crippen molar-refractivity contribution < 1.29 is 14.7 Å². The molecule has 1 N–H and O–H groups in total. The molecule has 1 fully saturated rings. The van der Waals surface area contributed by atoms with E-state index in [1.54, 1.807) is 23.1 Å². The van der Waals surface area contributed by atoms with Gasteiger partial charge in [-0.05, 0) is 38.0 Å². The molecule has 2 rings (SSSR count). The second-order valence-electron chi connectivity index (χ2n) is 4.93. The Morgan fingerprint density at radius 3 is 2.74 bits per heavy atom. The number of piperidine rings is 1. The molecule has 1 saturated heterocycles. The van der Waals surface area contributed by atoms with E-state index < -0.39 is 11.9 Å². The molecule has 0 aromatic heterocycles. The summed E-state index contributed by atoms with van der Waals surface area (Å²) in [4.78, 5) is 25.2. The van der Waals surface area contributed by atoms with Crippen molar-refractivity contribution in [1.29, 1.82) is 0 Å². The monoisotopic (exact) mass is 325 g/mol. The zero-order valence-electron chi connectivity index (χ0n) is 10.7. The lowest BCUT2D eigenvalue weighted by atomic mass is 9.93. The van der Waals surface area contributed by atoms with Crippen LogP contribution in [0.1, 0.15) is 30.1 Å². The lowest BCUT2D eigenvalue weighted by molar-refractivity contribution is -0.143. The molecule has 1 aliphatic heterocycles. The van der Waals surface area contributed by atoms with Crippen LogP contribution in [0.3, 0.4) is 0 Å². The molecule has 5 heteroatoms. The van der Waals surface area contributed by atoms with Crippen LogP contribution in [-0.2, 0) is 4.79 Å². The van der Waals surface area contributed by atoms with E-state index in [0.29, 0.717) is 18.5 Å². The van der Waals surface area contributed by atoms with Crippen LogP contribution in [0.25, 0.3) is 0 Å². The largest absolute Gasteiger partial charge is 0.481 e. The molecule has 0 spiro atoms. The summed E-state index contributed by atoms with van der Waals surface area (Å²) in [6, 6.07) is 7.27. The maximum absolute atomic E-state index is 12.4. The van der Waals surface area contributed by atoms with Crippen molar-refractivity contribution in [1.82, 2.24) is 4.90 Å². The number of nitrogens with zero attached hydrogens (tertiary/aromatic N) is 1. The molecule has 0 aliphatic carbocycles. The van der Waals surface area contributed by atoms with Gasteiger partial charge in [-0.15, -0.1) is 0 Å². The Hall–Kier alpha value is -1.36. The summed E-state index contributed by atoms with van der Waals surface area (Å²) < 4.78 is 0.845. The number of carboxylic acid groups (broad SMARTS) is 1. The van der Waals surface area contributed by atoms with E-state index in [4.69, 9.17) is 5.11 Å². The maximum atomic E-state index is 12.4. The van der Waals surface area contributed by atoms with Gasteiger partial charge in [0.2, 0.25) is 0 Å². The van der Waals surface area contributed by atoms with Gasteiger partial charge in [0.1, 0.15) is 0 Å². The highest BCUT2D eigenvalue weighted by atomic mass is 79.9. The number of hydrogen-bond donors (Lipinski definition) is 1. The first-order chi connectivity index (χ1) is 8.99. The van der Waals surface area contributed by atoms with Crippen LogP contribution in [0.15, 0.2) is 28.7 Å². The molecule has 0 saturated carbocycles. The number of amides is 1. The molecular formula is C14H16BrNO3. The Balaban J connectivity index is 2.19. The van der Waals surface area contributed by atoms with Crippen LogP contribution >= 0.6 is 15.9 Å². The summed E-state index contributed by atoms with van der Waals surface area (Å²) in [5, 5.41) is 9.09. The van der Waals surface area contributed by atoms with Crippen LogP contribution in [0.2, 0.25) is 0 Å². The Morgan fingerprint density at radius 1 is 1.37 bits per heavy atom. The molecule has 1 aromatic rings. The van der Waals surface area contributed by atoms with Crippen LogP contribution in [0.4, 0.5) is 0 Å². The smallest absolute Gasteiger partial charge is 0.308 e. The summed E-state index contributed by atoms with van der Waals surface area (Å²) in [6.45, 7) is 2.26. The molecule has 1 aromatic carbocycles. The minimum atomic E-state index is -0.820. The summed E-state index contributed by atoms with van der Waals surface area (Å²) in [5.41, 5.74) is 0.590. The summed E-state index contributed by atoms with van der Waals surface area (Å²) in [6.07, 6.45) is 1.37. The minimum absolute atomic E-state index is 0.0853. The van der Waals surface area contributed by atoms with E-state index in [1.165, 1.54) is 0 Å². The summed E-state index contributed by atoms with van der Waals surface area (Å²) in [5.74, 6) is -1.37. The van der Waals surface area contributed by atoms with E-state index in [1.807, 2.05) is 13.0 Å². The van der Waals surface area contributed by atoms with Crippen LogP contribution < -0.4 is 0 Å².